The van der Waals surface area contributed by atoms with Gasteiger partial charge in [0.2, 0.25) is 0 Å². The van der Waals surface area contributed by atoms with E-state index in [1.54, 1.807) is 29.5 Å². The number of thiazole rings is 1. The Bertz CT molecular complexity index is 1160. The van der Waals surface area contributed by atoms with Gasteiger partial charge in [0.15, 0.2) is 18.1 Å². The van der Waals surface area contributed by atoms with Gasteiger partial charge in [0.05, 0.1) is 29.9 Å². The van der Waals surface area contributed by atoms with Gasteiger partial charge in [-0.3, -0.25) is 4.79 Å². The number of hydrogen-bond donors (Lipinski definition) is 1. The fourth-order valence-electron chi connectivity index (χ4n) is 2.83. The number of halogens is 1. The second-order valence-corrected chi connectivity index (χ2v) is 8.03. The molecule has 0 saturated heterocycles. The SMILES string of the molecule is COc1cc(/C=C/C(=O)OCC(=O)Nc2cccc(-c3csc(C)n3)c2)cc(Cl)c1OC. The molecule has 9 heteroatoms. The number of amides is 1. The fourth-order valence-corrected chi connectivity index (χ4v) is 3.75. The fraction of sp³-hybridized carbons (Fsp3) is 0.174. The third-order valence-corrected chi connectivity index (χ3v) is 5.33. The molecule has 1 heterocycles. The molecule has 166 valence electrons. The van der Waals surface area contributed by atoms with Crippen LogP contribution in [0.25, 0.3) is 17.3 Å². The Balaban J connectivity index is 1.55. The number of rotatable bonds is 8. The highest BCUT2D eigenvalue weighted by atomic mass is 35.5. The molecule has 1 aromatic heterocycles. The quantitative estimate of drug-likeness (QED) is 0.367. The van der Waals surface area contributed by atoms with Crippen molar-refractivity contribution in [2.45, 2.75) is 6.92 Å². The number of ether oxygens (including phenoxy) is 3. The lowest BCUT2D eigenvalue weighted by atomic mass is 10.1. The van der Waals surface area contributed by atoms with Gasteiger partial charge in [0.1, 0.15) is 0 Å². The third kappa shape index (κ3) is 6.09. The molecule has 32 heavy (non-hydrogen) atoms. The normalized spacial score (nSPS) is 10.8. The van der Waals surface area contributed by atoms with Crippen LogP contribution in [0.15, 0.2) is 47.9 Å². The van der Waals surface area contributed by atoms with Crippen molar-refractivity contribution in [3.63, 3.8) is 0 Å². The number of esters is 1. The molecule has 7 nitrogen and oxygen atoms in total. The van der Waals surface area contributed by atoms with Crippen molar-refractivity contribution in [1.82, 2.24) is 4.98 Å². The van der Waals surface area contributed by atoms with E-state index in [1.165, 1.54) is 26.4 Å². The van der Waals surface area contributed by atoms with Crippen molar-refractivity contribution in [2.75, 3.05) is 26.1 Å². The lowest BCUT2D eigenvalue weighted by molar-refractivity contribution is -0.142. The number of aryl methyl sites for hydroxylation is 1. The van der Waals surface area contributed by atoms with Crippen LogP contribution in [0.5, 0.6) is 11.5 Å². The summed E-state index contributed by atoms with van der Waals surface area (Å²) in [4.78, 5) is 28.6. The lowest BCUT2D eigenvalue weighted by Crippen LogP contribution is -2.20. The van der Waals surface area contributed by atoms with Crippen LogP contribution < -0.4 is 14.8 Å². The summed E-state index contributed by atoms with van der Waals surface area (Å²) < 4.78 is 15.4. The number of carbonyl (C=O) groups excluding carboxylic acids is 2. The van der Waals surface area contributed by atoms with Crippen LogP contribution in [0, 0.1) is 6.92 Å². The minimum atomic E-state index is -0.669. The van der Waals surface area contributed by atoms with Crippen LogP contribution in [0.1, 0.15) is 10.6 Å². The molecule has 1 amide bonds. The molecule has 0 fully saturated rings. The van der Waals surface area contributed by atoms with E-state index in [0.29, 0.717) is 27.8 Å². The lowest BCUT2D eigenvalue weighted by Gasteiger charge is -2.10. The highest BCUT2D eigenvalue weighted by molar-refractivity contribution is 7.09. The van der Waals surface area contributed by atoms with E-state index in [4.69, 9.17) is 25.8 Å². The summed E-state index contributed by atoms with van der Waals surface area (Å²) in [5.74, 6) is -0.285. The molecule has 0 spiro atoms. The molecule has 3 rings (SSSR count). The summed E-state index contributed by atoms with van der Waals surface area (Å²) in [7, 11) is 2.97. The maximum Gasteiger partial charge on any atom is 0.331 e. The Morgan fingerprint density at radius 1 is 1.19 bits per heavy atom. The number of methoxy groups -OCH3 is 2. The first kappa shape index (κ1) is 23.3. The monoisotopic (exact) mass is 472 g/mol. The van der Waals surface area contributed by atoms with Crippen LogP contribution in [0.2, 0.25) is 5.02 Å². The number of anilines is 1. The standard InChI is InChI=1S/C23H21ClN2O5S/c1-14-25-19(13-32-14)16-5-4-6-17(11-16)26-21(27)12-31-22(28)8-7-15-9-18(24)23(30-3)20(10-15)29-2/h4-11,13H,12H2,1-3H3,(H,26,27)/b8-7+. The first-order chi connectivity index (χ1) is 15.4. The van der Waals surface area contributed by atoms with E-state index in [-0.39, 0.29) is 0 Å². The van der Waals surface area contributed by atoms with Gasteiger partial charge in [-0.05, 0) is 42.8 Å². The zero-order chi connectivity index (χ0) is 23.1. The molecule has 0 atom stereocenters. The van der Waals surface area contributed by atoms with E-state index in [0.717, 1.165) is 16.3 Å². The number of aromatic nitrogens is 1. The Labute approximate surface area is 194 Å². The number of hydrogen-bond acceptors (Lipinski definition) is 7. The molecule has 2 aromatic carbocycles. The average molecular weight is 473 g/mol. The predicted molar refractivity (Wildman–Crippen MR) is 125 cm³/mol. The Hall–Kier alpha value is -3.36. The van der Waals surface area contributed by atoms with E-state index < -0.39 is 18.5 Å². The number of carbonyl (C=O) groups is 2. The molecule has 0 unspecified atom stereocenters. The summed E-state index contributed by atoms with van der Waals surface area (Å²) in [6.45, 7) is 1.51. The average Bonchev–Trinajstić information content (AvgIpc) is 3.22. The summed E-state index contributed by atoms with van der Waals surface area (Å²) in [5.41, 5.74) is 2.93. The Kier molecular flexibility index (Phi) is 7.86. The van der Waals surface area contributed by atoms with E-state index in [1.807, 2.05) is 30.5 Å². The first-order valence-electron chi connectivity index (χ1n) is 9.48. The highest BCUT2D eigenvalue weighted by Crippen LogP contribution is 2.36. The molecule has 0 aliphatic carbocycles. The highest BCUT2D eigenvalue weighted by Gasteiger charge is 2.11. The molecule has 3 aromatic rings. The van der Waals surface area contributed by atoms with Gasteiger partial charge < -0.3 is 19.5 Å². The smallest absolute Gasteiger partial charge is 0.331 e. The molecular formula is C23H21ClN2O5S. The van der Waals surface area contributed by atoms with Crippen LogP contribution >= 0.6 is 22.9 Å². The molecule has 0 aliphatic rings. The second kappa shape index (κ2) is 10.8. The summed E-state index contributed by atoms with van der Waals surface area (Å²) in [6.07, 6.45) is 2.71. The van der Waals surface area contributed by atoms with Crippen molar-refractivity contribution in [2.24, 2.45) is 0 Å². The third-order valence-electron chi connectivity index (χ3n) is 4.27. The van der Waals surface area contributed by atoms with Gasteiger partial charge in [-0.15, -0.1) is 11.3 Å². The molecule has 0 aliphatic heterocycles. The predicted octanol–water partition coefficient (Wildman–Crippen LogP) is 4.98. The Morgan fingerprint density at radius 3 is 2.69 bits per heavy atom. The van der Waals surface area contributed by atoms with Gasteiger partial charge in [0.25, 0.3) is 5.91 Å². The van der Waals surface area contributed by atoms with Gasteiger partial charge >= 0.3 is 5.97 Å². The molecule has 0 bridgehead atoms. The molecule has 0 radical (unpaired) electrons. The minimum absolute atomic E-state index is 0.342. The largest absolute Gasteiger partial charge is 0.493 e. The van der Waals surface area contributed by atoms with Crippen LogP contribution in [0.3, 0.4) is 0 Å². The van der Waals surface area contributed by atoms with Crippen LogP contribution in [0.4, 0.5) is 5.69 Å². The maximum atomic E-state index is 12.2. The van der Waals surface area contributed by atoms with Crippen molar-refractivity contribution in [3.8, 4) is 22.8 Å². The zero-order valence-corrected chi connectivity index (χ0v) is 19.3. The second-order valence-electron chi connectivity index (χ2n) is 6.56. The first-order valence-corrected chi connectivity index (χ1v) is 10.7. The van der Waals surface area contributed by atoms with Gasteiger partial charge in [0, 0.05) is 22.7 Å². The minimum Gasteiger partial charge on any atom is -0.493 e. The van der Waals surface area contributed by atoms with E-state index >= 15 is 0 Å². The molecule has 0 saturated carbocycles. The topological polar surface area (TPSA) is 86.8 Å². The zero-order valence-electron chi connectivity index (χ0n) is 17.7. The summed E-state index contributed by atoms with van der Waals surface area (Å²) in [6, 6.07) is 10.6. The number of nitrogens with zero attached hydrogens (tertiary/aromatic N) is 1. The Morgan fingerprint density at radius 2 is 2.00 bits per heavy atom. The molecular weight excluding hydrogens is 452 g/mol. The van der Waals surface area contributed by atoms with Gasteiger partial charge in [-0.1, -0.05) is 23.7 Å². The molecule has 1 N–H and O–H groups in total. The van der Waals surface area contributed by atoms with Gasteiger partial charge in [-0.25, -0.2) is 9.78 Å². The number of benzene rings is 2. The van der Waals surface area contributed by atoms with Gasteiger partial charge in [-0.2, -0.15) is 0 Å². The van der Waals surface area contributed by atoms with Crippen LogP contribution in [-0.4, -0.2) is 37.7 Å². The van der Waals surface area contributed by atoms with E-state index in [9.17, 15) is 9.59 Å². The van der Waals surface area contributed by atoms with Crippen LogP contribution in [-0.2, 0) is 14.3 Å². The maximum absolute atomic E-state index is 12.2. The van der Waals surface area contributed by atoms with Crippen molar-refractivity contribution in [3.05, 3.63) is 63.4 Å². The summed E-state index contributed by atoms with van der Waals surface area (Å²) >= 11 is 7.70. The number of nitrogens with one attached hydrogen (secondary N) is 1. The summed E-state index contributed by atoms with van der Waals surface area (Å²) in [5, 5.41) is 5.97. The van der Waals surface area contributed by atoms with Crippen molar-refractivity contribution < 1.29 is 23.8 Å². The van der Waals surface area contributed by atoms with Crippen molar-refractivity contribution in [1.29, 1.82) is 0 Å². The van der Waals surface area contributed by atoms with E-state index in [2.05, 4.69) is 10.3 Å². The van der Waals surface area contributed by atoms with Crippen molar-refractivity contribution >= 4 is 46.6 Å².